The highest BCUT2D eigenvalue weighted by molar-refractivity contribution is 5.98. The lowest BCUT2D eigenvalue weighted by molar-refractivity contribution is -0.121. The number of carbonyl (C=O) groups is 1. The van der Waals surface area contributed by atoms with Gasteiger partial charge in [0.1, 0.15) is 5.75 Å². The highest BCUT2D eigenvalue weighted by Crippen LogP contribution is 2.22. The quantitative estimate of drug-likeness (QED) is 0.904. The zero-order valence-corrected chi connectivity index (χ0v) is 14.6. The maximum atomic E-state index is 12.7. The molecule has 128 valence electrons. The summed E-state index contributed by atoms with van der Waals surface area (Å²) in [6, 6.07) is 17.8. The zero-order valence-electron chi connectivity index (χ0n) is 13.8. The van der Waals surface area contributed by atoms with Crippen LogP contribution in [0.5, 0.6) is 5.75 Å². The number of carbonyl (C=O) groups excluding carboxylic acids is 1. The van der Waals surface area contributed by atoms with Crippen LogP contribution in [-0.4, -0.2) is 32.1 Å². The highest BCUT2D eigenvalue weighted by Gasteiger charge is 2.28. The molecule has 0 saturated carbocycles. The number of benzene rings is 2. The second kappa shape index (κ2) is 8.71. The monoisotopic (exact) mass is 346 g/mol. The first-order valence-corrected chi connectivity index (χ1v) is 8.00. The van der Waals surface area contributed by atoms with Gasteiger partial charge in [0, 0.05) is 18.8 Å². The van der Waals surface area contributed by atoms with E-state index >= 15 is 0 Å². The average molecular weight is 347 g/mol. The molecule has 24 heavy (non-hydrogen) atoms. The van der Waals surface area contributed by atoms with Crippen LogP contribution in [0.4, 0.5) is 5.69 Å². The molecule has 1 aliphatic heterocycles. The van der Waals surface area contributed by atoms with Gasteiger partial charge >= 0.3 is 0 Å². The second-order valence-corrected chi connectivity index (χ2v) is 5.72. The number of anilines is 1. The number of methoxy groups -OCH3 is 1. The van der Waals surface area contributed by atoms with E-state index < -0.39 is 0 Å². The number of hydrogen-bond donors (Lipinski definition) is 1. The van der Waals surface area contributed by atoms with Gasteiger partial charge in [-0.2, -0.15) is 0 Å². The minimum absolute atomic E-state index is 0. The fourth-order valence-electron chi connectivity index (χ4n) is 2.94. The molecule has 0 aliphatic carbocycles. The minimum Gasteiger partial charge on any atom is -0.497 e. The van der Waals surface area contributed by atoms with Crippen molar-refractivity contribution in [3.63, 3.8) is 0 Å². The number of aryl methyl sites for hydroxylation is 1. The van der Waals surface area contributed by atoms with Crippen LogP contribution >= 0.6 is 12.4 Å². The van der Waals surface area contributed by atoms with Gasteiger partial charge in [0.25, 0.3) is 0 Å². The van der Waals surface area contributed by atoms with E-state index in [-0.39, 0.29) is 24.4 Å². The predicted octanol–water partition coefficient (Wildman–Crippen LogP) is 3.05. The van der Waals surface area contributed by atoms with Gasteiger partial charge in [-0.15, -0.1) is 12.4 Å². The molecular formula is C19H23ClN2O2. The van der Waals surface area contributed by atoms with E-state index in [1.54, 1.807) is 7.11 Å². The number of nitrogens with one attached hydrogen (secondary N) is 1. The van der Waals surface area contributed by atoms with Crippen LogP contribution < -0.4 is 15.0 Å². The van der Waals surface area contributed by atoms with Crippen molar-refractivity contribution in [1.29, 1.82) is 0 Å². The van der Waals surface area contributed by atoms with Crippen LogP contribution in [0.1, 0.15) is 12.0 Å². The second-order valence-electron chi connectivity index (χ2n) is 5.72. The standard InChI is InChI=1S/C19H22N2O2.ClH/c1-23-17-10-8-16(9-11-17)21-14-13-20-18(19(21)22)12-7-15-5-3-2-4-6-15;/h2-6,8-11,18,20H,7,12-14H2,1H3;1H. The molecule has 1 heterocycles. The predicted molar refractivity (Wildman–Crippen MR) is 99.1 cm³/mol. The summed E-state index contributed by atoms with van der Waals surface area (Å²) in [4.78, 5) is 14.6. The summed E-state index contributed by atoms with van der Waals surface area (Å²) in [5, 5.41) is 3.35. The van der Waals surface area contributed by atoms with E-state index in [4.69, 9.17) is 4.74 Å². The molecule has 0 bridgehead atoms. The summed E-state index contributed by atoms with van der Waals surface area (Å²) in [6.07, 6.45) is 1.72. The first-order chi connectivity index (χ1) is 11.3. The van der Waals surface area contributed by atoms with Crippen LogP contribution in [0.2, 0.25) is 0 Å². The van der Waals surface area contributed by atoms with Gasteiger partial charge in [-0.3, -0.25) is 4.79 Å². The third kappa shape index (κ3) is 4.28. The molecule has 4 nitrogen and oxygen atoms in total. The van der Waals surface area contributed by atoms with E-state index in [0.717, 1.165) is 30.8 Å². The summed E-state index contributed by atoms with van der Waals surface area (Å²) >= 11 is 0. The van der Waals surface area contributed by atoms with Gasteiger partial charge in [-0.25, -0.2) is 0 Å². The molecule has 1 N–H and O–H groups in total. The average Bonchev–Trinajstić information content (AvgIpc) is 2.62. The maximum absolute atomic E-state index is 12.7. The fourth-order valence-corrected chi connectivity index (χ4v) is 2.94. The van der Waals surface area contributed by atoms with Crippen molar-refractivity contribution in [2.75, 3.05) is 25.1 Å². The van der Waals surface area contributed by atoms with E-state index in [2.05, 4.69) is 17.4 Å². The van der Waals surface area contributed by atoms with Crippen molar-refractivity contribution in [2.24, 2.45) is 0 Å². The van der Waals surface area contributed by atoms with E-state index in [0.29, 0.717) is 6.54 Å². The Morgan fingerprint density at radius 2 is 1.83 bits per heavy atom. The van der Waals surface area contributed by atoms with Crippen molar-refractivity contribution in [1.82, 2.24) is 5.32 Å². The van der Waals surface area contributed by atoms with Crippen LogP contribution in [-0.2, 0) is 11.2 Å². The minimum atomic E-state index is -0.119. The summed E-state index contributed by atoms with van der Waals surface area (Å²) in [5.74, 6) is 0.953. The van der Waals surface area contributed by atoms with Gasteiger partial charge in [0.05, 0.1) is 13.2 Å². The molecule has 2 aromatic carbocycles. The molecular weight excluding hydrogens is 324 g/mol. The first-order valence-electron chi connectivity index (χ1n) is 8.00. The number of halogens is 1. The summed E-state index contributed by atoms with van der Waals surface area (Å²) in [6.45, 7) is 1.52. The van der Waals surface area contributed by atoms with Gasteiger partial charge in [-0.1, -0.05) is 30.3 Å². The fraction of sp³-hybridized carbons (Fsp3) is 0.316. The zero-order chi connectivity index (χ0) is 16.1. The molecule has 1 aliphatic rings. The molecule has 5 heteroatoms. The Balaban J connectivity index is 0.00000208. The van der Waals surface area contributed by atoms with Gasteiger partial charge in [-0.05, 0) is 42.7 Å². The smallest absolute Gasteiger partial charge is 0.244 e. The van der Waals surface area contributed by atoms with Crippen LogP contribution in [0.25, 0.3) is 0 Å². The summed E-state index contributed by atoms with van der Waals surface area (Å²) in [7, 11) is 1.64. The van der Waals surface area contributed by atoms with Gasteiger partial charge in [0.15, 0.2) is 0 Å². The lowest BCUT2D eigenvalue weighted by Crippen LogP contribution is -2.55. The normalized spacial score (nSPS) is 17.3. The lowest BCUT2D eigenvalue weighted by atomic mass is 10.0. The Morgan fingerprint density at radius 1 is 1.12 bits per heavy atom. The van der Waals surface area contributed by atoms with Crippen LogP contribution in [0, 0.1) is 0 Å². The number of piperazine rings is 1. The molecule has 0 radical (unpaired) electrons. The third-order valence-corrected chi connectivity index (χ3v) is 4.24. The van der Waals surface area contributed by atoms with Crippen LogP contribution in [0.3, 0.4) is 0 Å². The lowest BCUT2D eigenvalue weighted by Gasteiger charge is -2.33. The molecule has 1 saturated heterocycles. The highest BCUT2D eigenvalue weighted by atomic mass is 35.5. The topological polar surface area (TPSA) is 41.6 Å². The number of hydrogen-bond acceptors (Lipinski definition) is 3. The number of amides is 1. The van der Waals surface area contributed by atoms with E-state index in [9.17, 15) is 4.79 Å². The molecule has 3 rings (SSSR count). The Labute approximate surface area is 149 Å². The molecule has 1 amide bonds. The largest absolute Gasteiger partial charge is 0.497 e. The van der Waals surface area contributed by atoms with Crippen LogP contribution in [0.15, 0.2) is 54.6 Å². The third-order valence-electron chi connectivity index (χ3n) is 4.24. The van der Waals surface area contributed by atoms with Gasteiger partial charge in [0.2, 0.25) is 5.91 Å². The Kier molecular flexibility index (Phi) is 6.64. The Hall–Kier alpha value is -2.04. The van der Waals surface area contributed by atoms with Crippen molar-refractivity contribution >= 4 is 24.0 Å². The van der Waals surface area contributed by atoms with E-state index in [1.165, 1.54) is 5.56 Å². The maximum Gasteiger partial charge on any atom is 0.244 e. The summed E-state index contributed by atoms with van der Waals surface area (Å²) < 4.78 is 5.18. The first kappa shape index (κ1) is 18.3. The number of rotatable bonds is 5. The molecule has 0 aromatic heterocycles. The van der Waals surface area contributed by atoms with Gasteiger partial charge < -0.3 is 15.0 Å². The van der Waals surface area contributed by atoms with Crippen molar-refractivity contribution in [2.45, 2.75) is 18.9 Å². The molecule has 1 unspecified atom stereocenters. The van der Waals surface area contributed by atoms with E-state index in [1.807, 2.05) is 47.4 Å². The molecule has 0 spiro atoms. The van der Waals surface area contributed by atoms with Crippen molar-refractivity contribution in [3.8, 4) is 5.75 Å². The Bertz CT molecular complexity index is 646. The molecule has 1 atom stereocenters. The molecule has 2 aromatic rings. The summed E-state index contributed by atoms with van der Waals surface area (Å²) in [5.41, 5.74) is 2.20. The molecule has 1 fully saturated rings. The van der Waals surface area contributed by atoms with Crippen molar-refractivity contribution < 1.29 is 9.53 Å². The van der Waals surface area contributed by atoms with Crippen molar-refractivity contribution in [3.05, 3.63) is 60.2 Å². The number of ether oxygens (including phenoxy) is 1. The SMILES string of the molecule is COc1ccc(N2CCNC(CCc3ccccc3)C2=O)cc1.Cl. The Morgan fingerprint density at radius 3 is 2.50 bits per heavy atom. The number of nitrogens with zero attached hydrogens (tertiary/aromatic N) is 1.